The molecule has 162 valence electrons. The average Bonchev–Trinajstić information content (AvgIpc) is 2.86. The van der Waals surface area contributed by atoms with E-state index in [0.717, 1.165) is 22.3 Å². The molecule has 0 aliphatic rings. The molecule has 0 fully saturated rings. The molecule has 33 heavy (non-hydrogen) atoms. The number of pyridine rings is 4. The third-order valence-corrected chi connectivity index (χ3v) is 4.80. The zero-order valence-electron chi connectivity index (χ0n) is 17.4. The van der Waals surface area contributed by atoms with Gasteiger partial charge in [-0.25, -0.2) is 0 Å². The first-order chi connectivity index (χ1) is 15.8. The molecule has 0 saturated heterocycles. The molecule has 0 N–H and O–H groups in total. The minimum Gasteiger partial charge on any atom is -0.443 e. The van der Waals surface area contributed by atoms with Gasteiger partial charge in [-0.05, 0) is 34.9 Å². The zero-order chi connectivity index (χ0) is 21.6. The molecular weight excluding hydrogens is 591 g/mol. The van der Waals surface area contributed by atoms with Crippen molar-refractivity contribution in [3.8, 4) is 22.3 Å². The van der Waals surface area contributed by atoms with Gasteiger partial charge in [0.2, 0.25) is 0 Å². The van der Waals surface area contributed by atoms with Crippen molar-refractivity contribution in [1.82, 2.24) is 19.9 Å². The Balaban J connectivity index is 0.00000259. The van der Waals surface area contributed by atoms with E-state index in [2.05, 4.69) is 42.1 Å². The van der Waals surface area contributed by atoms with Crippen LogP contribution in [0.5, 0.6) is 0 Å². The van der Waals surface area contributed by atoms with Crippen LogP contribution < -0.4 is 20.9 Å². The van der Waals surface area contributed by atoms with E-state index in [1.807, 2.05) is 85.2 Å². The third-order valence-electron chi connectivity index (χ3n) is 4.80. The zero-order valence-corrected chi connectivity index (χ0v) is 19.7. The Morgan fingerprint density at radius 2 is 1.27 bits per heavy atom. The molecule has 4 heterocycles. The number of hydrogen-bond donors (Lipinski definition) is 0. The maximum absolute atomic E-state index is 4.50. The molecule has 5 aromatic rings. The van der Waals surface area contributed by atoms with Gasteiger partial charge in [0, 0.05) is 18.0 Å². The number of benzene rings is 1. The van der Waals surface area contributed by atoms with E-state index in [4.69, 9.17) is 0 Å². The van der Waals surface area contributed by atoms with Gasteiger partial charge in [-0.3, -0.25) is 9.97 Å². The predicted molar refractivity (Wildman–Crippen MR) is 123 cm³/mol. The van der Waals surface area contributed by atoms with Gasteiger partial charge in [-0.2, -0.15) is 0 Å². The Labute approximate surface area is 205 Å². The first-order valence-electron chi connectivity index (χ1n) is 10.1. The normalized spacial score (nSPS) is 11.8. The van der Waals surface area contributed by atoms with Crippen molar-refractivity contribution in [3.63, 3.8) is 0 Å². The molecule has 0 bridgehead atoms. The van der Waals surface area contributed by atoms with Gasteiger partial charge in [0.25, 0.3) is 0 Å². The fourth-order valence-corrected chi connectivity index (χ4v) is 3.28. The van der Waals surface area contributed by atoms with Gasteiger partial charge in [-0.1, -0.05) is 90.1 Å². The molecule has 7 heteroatoms. The second-order valence-corrected chi connectivity index (χ2v) is 6.96. The van der Waals surface area contributed by atoms with Gasteiger partial charge in [-0.15, -0.1) is 0 Å². The van der Waals surface area contributed by atoms with Crippen LogP contribution in [-0.2, 0) is 21.1 Å². The SMILES string of the molecule is [Pt+2].c1ccc(/N=c2/ccc(-c3ccccc3-c3ccc(N=c4cccc[n-]4)nc3)c[n-]2)nc1. The molecule has 6 nitrogen and oxygen atoms in total. The van der Waals surface area contributed by atoms with Gasteiger partial charge in [0.1, 0.15) is 0 Å². The van der Waals surface area contributed by atoms with Crippen LogP contribution in [-0.4, -0.2) is 9.97 Å². The Morgan fingerprint density at radius 3 is 1.91 bits per heavy atom. The molecule has 0 saturated carbocycles. The van der Waals surface area contributed by atoms with Crippen molar-refractivity contribution in [3.05, 3.63) is 121 Å². The maximum Gasteiger partial charge on any atom is 2.00 e. The Hall–Kier alpha value is -3.89. The van der Waals surface area contributed by atoms with Gasteiger partial charge < -0.3 is 20.0 Å². The maximum atomic E-state index is 4.50. The minimum absolute atomic E-state index is 0. The summed E-state index contributed by atoms with van der Waals surface area (Å²) in [5.41, 5.74) is 5.40. The summed E-state index contributed by atoms with van der Waals surface area (Å²) in [5.74, 6) is 1.25. The average molecular weight is 610 g/mol. The molecule has 0 aliphatic carbocycles. The van der Waals surface area contributed by atoms with Crippen LogP contribution in [0.3, 0.4) is 0 Å². The molecule has 0 spiro atoms. The van der Waals surface area contributed by atoms with Crippen molar-refractivity contribution in [2.24, 2.45) is 9.98 Å². The molecule has 0 atom stereocenters. The summed E-state index contributed by atoms with van der Waals surface area (Å²) >= 11 is 0. The molecule has 0 unspecified atom stereocenters. The summed E-state index contributed by atoms with van der Waals surface area (Å²) < 4.78 is 0. The largest absolute Gasteiger partial charge is 2.00 e. The molecule has 0 radical (unpaired) electrons. The van der Waals surface area contributed by atoms with Crippen LogP contribution in [0.1, 0.15) is 0 Å². The van der Waals surface area contributed by atoms with Crippen molar-refractivity contribution in [1.29, 1.82) is 0 Å². The number of aromatic nitrogens is 4. The third kappa shape index (κ3) is 5.48. The molecule has 5 rings (SSSR count). The van der Waals surface area contributed by atoms with Gasteiger partial charge in [0.15, 0.2) is 0 Å². The summed E-state index contributed by atoms with van der Waals surface area (Å²) in [6, 6.07) is 27.2. The Bertz CT molecular complexity index is 1430. The summed E-state index contributed by atoms with van der Waals surface area (Å²) in [6.07, 6.45) is 7.09. The van der Waals surface area contributed by atoms with Crippen LogP contribution in [0.15, 0.2) is 120 Å². The first kappa shape index (κ1) is 22.3. The fourth-order valence-electron chi connectivity index (χ4n) is 3.28. The van der Waals surface area contributed by atoms with E-state index >= 15 is 0 Å². The van der Waals surface area contributed by atoms with Crippen LogP contribution >= 0.6 is 0 Å². The van der Waals surface area contributed by atoms with Gasteiger partial charge in [0.05, 0.1) is 11.6 Å². The summed E-state index contributed by atoms with van der Waals surface area (Å²) in [4.78, 5) is 26.3. The van der Waals surface area contributed by atoms with E-state index in [1.54, 1.807) is 12.4 Å². The second-order valence-electron chi connectivity index (χ2n) is 6.96. The molecule has 0 amide bonds. The smallest absolute Gasteiger partial charge is 0.443 e. The van der Waals surface area contributed by atoms with E-state index in [0.29, 0.717) is 22.6 Å². The van der Waals surface area contributed by atoms with Crippen molar-refractivity contribution in [2.75, 3.05) is 0 Å². The van der Waals surface area contributed by atoms with Crippen LogP contribution in [0.4, 0.5) is 11.6 Å². The van der Waals surface area contributed by atoms with Crippen LogP contribution in [0.2, 0.25) is 0 Å². The Morgan fingerprint density at radius 1 is 0.576 bits per heavy atom. The van der Waals surface area contributed by atoms with E-state index < -0.39 is 0 Å². The number of hydrogen-bond acceptors (Lipinski definition) is 4. The molecule has 4 aromatic heterocycles. The second kappa shape index (κ2) is 10.6. The standard InChI is InChI=1S/C26H18N6.Pt/c1-2-8-22(20-12-14-26(30-18-20)32-24-10-4-6-16-28-24)21(7-1)19-11-13-25(29-17-19)31-23-9-3-5-15-27-23;/h1-18H;/q-2;+2. The fraction of sp³-hybridized carbons (Fsp3) is 0. The van der Waals surface area contributed by atoms with E-state index in [-0.39, 0.29) is 21.1 Å². The Kier molecular flexibility index (Phi) is 7.18. The summed E-state index contributed by atoms with van der Waals surface area (Å²) in [5, 5.41) is 0. The first-order valence-corrected chi connectivity index (χ1v) is 10.1. The van der Waals surface area contributed by atoms with E-state index in [9.17, 15) is 0 Å². The van der Waals surface area contributed by atoms with E-state index in [1.165, 1.54) is 0 Å². The molecular formula is C26H18N6Pt. The minimum atomic E-state index is 0. The topological polar surface area (TPSA) is 78.7 Å². The molecule has 0 aliphatic heterocycles. The summed E-state index contributed by atoms with van der Waals surface area (Å²) in [7, 11) is 0. The van der Waals surface area contributed by atoms with Crippen LogP contribution in [0.25, 0.3) is 22.3 Å². The number of nitrogens with zero attached hydrogens (tertiary/aromatic N) is 6. The predicted octanol–water partition coefficient (Wildman–Crippen LogP) is 4.19. The molecule has 1 aromatic carbocycles. The van der Waals surface area contributed by atoms with Crippen LogP contribution in [0, 0.1) is 0 Å². The van der Waals surface area contributed by atoms with Crippen molar-refractivity contribution in [2.45, 2.75) is 0 Å². The van der Waals surface area contributed by atoms with Gasteiger partial charge >= 0.3 is 21.1 Å². The van der Waals surface area contributed by atoms with Crippen molar-refractivity contribution < 1.29 is 21.1 Å². The summed E-state index contributed by atoms with van der Waals surface area (Å²) in [6.45, 7) is 0. The quantitative estimate of drug-likeness (QED) is 0.306. The number of rotatable bonds is 4. The monoisotopic (exact) mass is 609 g/mol. The van der Waals surface area contributed by atoms with Crippen molar-refractivity contribution >= 4 is 11.6 Å².